The van der Waals surface area contributed by atoms with Gasteiger partial charge in [-0.3, -0.25) is 0 Å². The third-order valence-electron chi connectivity index (χ3n) is 6.96. The Balaban J connectivity index is 1.36. The molecule has 168 valence electrons. The second-order valence-corrected chi connectivity index (χ2v) is 11.3. The van der Waals surface area contributed by atoms with E-state index < -0.39 is 29.9 Å². The standard InChI is InChI=1S/C23H27ClO5S2/c1-30-22-20(27)18(25)19(26)21(29-22)12-2-4-16(24)13(8-12)9-15-3-5-17(31-15)23-6-7-28-11-14(23)10-23/h2-5,8,14,18-22,25-27H,6-7,9-11H2,1H3/t14-,18-,19-,20+,21+,22-,23+/m1/s1. The fourth-order valence-electron chi connectivity index (χ4n) is 4.96. The van der Waals surface area contributed by atoms with Gasteiger partial charge in [0.05, 0.1) is 6.61 Å². The maximum absolute atomic E-state index is 10.5. The molecule has 8 heteroatoms. The molecule has 3 aliphatic rings. The average Bonchev–Trinajstić information content (AvgIpc) is 3.35. The van der Waals surface area contributed by atoms with E-state index in [1.807, 2.05) is 29.5 Å². The van der Waals surface area contributed by atoms with Gasteiger partial charge in [-0.15, -0.1) is 23.1 Å². The molecule has 5 rings (SSSR count). The Morgan fingerprint density at radius 2 is 2.00 bits per heavy atom. The van der Waals surface area contributed by atoms with Crippen LogP contribution in [0.2, 0.25) is 5.02 Å². The number of rotatable bonds is 5. The van der Waals surface area contributed by atoms with Gasteiger partial charge in [-0.2, -0.15) is 0 Å². The molecular weight excluding hydrogens is 456 g/mol. The number of aliphatic hydroxyl groups excluding tert-OH is 3. The lowest BCUT2D eigenvalue weighted by atomic mass is 9.93. The van der Waals surface area contributed by atoms with Gasteiger partial charge < -0.3 is 24.8 Å². The number of benzene rings is 1. The topological polar surface area (TPSA) is 79.2 Å². The first-order valence-electron chi connectivity index (χ1n) is 10.6. The van der Waals surface area contributed by atoms with E-state index in [0.717, 1.165) is 30.8 Å². The predicted molar refractivity (Wildman–Crippen MR) is 123 cm³/mol. The summed E-state index contributed by atoms with van der Waals surface area (Å²) >= 11 is 9.68. The fourth-order valence-corrected chi connectivity index (χ4v) is 7.16. The second kappa shape index (κ2) is 8.61. The van der Waals surface area contributed by atoms with E-state index in [1.54, 1.807) is 6.26 Å². The van der Waals surface area contributed by atoms with E-state index in [1.165, 1.54) is 27.9 Å². The lowest BCUT2D eigenvalue weighted by Gasteiger charge is -2.40. The number of thiophene rings is 1. The Morgan fingerprint density at radius 3 is 2.77 bits per heavy atom. The van der Waals surface area contributed by atoms with Gasteiger partial charge in [-0.05, 0) is 54.3 Å². The molecule has 1 aliphatic carbocycles. The maximum Gasteiger partial charge on any atom is 0.132 e. The number of ether oxygens (including phenoxy) is 2. The highest BCUT2D eigenvalue weighted by Crippen LogP contribution is 2.60. The molecule has 2 aromatic rings. The van der Waals surface area contributed by atoms with Crippen LogP contribution in [0.5, 0.6) is 0 Å². The highest BCUT2D eigenvalue weighted by Gasteiger charge is 2.57. The number of halogens is 1. The number of fused-ring (bicyclic) bond motifs is 1. The van der Waals surface area contributed by atoms with E-state index in [0.29, 0.717) is 22.8 Å². The highest BCUT2D eigenvalue weighted by atomic mass is 35.5. The Labute approximate surface area is 195 Å². The number of hydrogen-bond donors (Lipinski definition) is 3. The maximum atomic E-state index is 10.5. The monoisotopic (exact) mass is 482 g/mol. The molecule has 31 heavy (non-hydrogen) atoms. The van der Waals surface area contributed by atoms with Crippen LogP contribution >= 0.6 is 34.7 Å². The smallest absolute Gasteiger partial charge is 0.132 e. The van der Waals surface area contributed by atoms with Crippen molar-refractivity contribution < 1.29 is 24.8 Å². The van der Waals surface area contributed by atoms with Gasteiger partial charge in [-0.1, -0.05) is 23.7 Å². The summed E-state index contributed by atoms with van der Waals surface area (Å²) in [6.07, 6.45) is 0.516. The van der Waals surface area contributed by atoms with Gasteiger partial charge >= 0.3 is 0 Å². The zero-order valence-corrected chi connectivity index (χ0v) is 19.6. The minimum Gasteiger partial charge on any atom is -0.387 e. The Hall–Kier alpha value is -0.640. The van der Waals surface area contributed by atoms with Crippen molar-refractivity contribution in [3.63, 3.8) is 0 Å². The largest absolute Gasteiger partial charge is 0.387 e. The summed E-state index contributed by atoms with van der Waals surface area (Å²) in [5.74, 6) is 0.663. The second-order valence-electron chi connectivity index (χ2n) is 8.81. The van der Waals surface area contributed by atoms with Gasteiger partial charge in [-0.25, -0.2) is 0 Å². The van der Waals surface area contributed by atoms with E-state index >= 15 is 0 Å². The van der Waals surface area contributed by atoms with Crippen LogP contribution in [-0.4, -0.2) is 58.5 Å². The van der Waals surface area contributed by atoms with Crippen LogP contribution in [0.4, 0.5) is 0 Å². The summed E-state index contributed by atoms with van der Waals surface area (Å²) in [6, 6.07) is 10.0. The molecule has 0 spiro atoms. The Kier molecular flexibility index (Phi) is 6.16. The van der Waals surface area contributed by atoms with Gasteiger partial charge in [0.15, 0.2) is 0 Å². The molecule has 0 radical (unpaired) electrons. The van der Waals surface area contributed by atoms with Crippen molar-refractivity contribution in [2.75, 3.05) is 19.5 Å². The Bertz CT molecular complexity index is 950. The molecule has 3 fully saturated rings. The molecule has 5 nitrogen and oxygen atoms in total. The van der Waals surface area contributed by atoms with Crippen LogP contribution in [-0.2, 0) is 21.3 Å². The van der Waals surface area contributed by atoms with Crippen LogP contribution in [0.3, 0.4) is 0 Å². The highest BCUT2D eigenvalue weighted by molar-refractivity contribution is 7.99. The first-order valence-corrected chi connectivity index (χ1v) is 13.1. The quantitative estimate of drug-likeness (QED) is 0.605. The van der Waals surface area contributed by atoms with Crippen LogP contribution in [0.15, 0.2) is 30.3 Å². The molecule has 1 aromatic heterocycles. The van der Waals surface area contributed by atoms with Crippen LogP contribution in [0.1, 0.15) is 39.8 Å². The van der Waals surface area contributed by atoms with E-state index in [9.17, 15) is 15.3 Å². The van der Waals surface area contributed by atoms with Gasteiger partial charge in [0.25, 0.3) is 0 Å². The van der Waals surface area contributed by atoms with Crippen molar-refractivity contribution in [2.45, 2.75) is 54.5 Å². The van der Waals surface area contributed by atoms with Crippen molar-refractivity contribution in [1.29, 1.82) is 0 Å². The summed E-state index contributed by atoms with van der Waals surface area (Å²) in [7, 11) is 0. The van der Waals surface area contributed by atoms with Crippen LogP contribution in [0.25, 0.3) is 0 Å². The molecule has 0 bridgehead atoms. The fraction of sp³-hybridized carbons (Fsp3) is 0.565. The molecule has 2 saturated heterocycles. The summed E-state index contributed by atoms with van der Waals surface area (Å²) in [6.45, 7) is 1.72. The van der Waals surface area contributed by atoms with Crippen molar-refractivity contribution in [1.82, 2.24) is 0 Å². The molecule has 1 saturated carbocycles. The van der Waals surface area contributed by atoms with Crippen LogP contribution < -0.4 is 0 Å². The minimum absolute atomic E-state index is 0.330. The normalized spacial score (nSPS) is 37.5. The SMILES string of the molecule is CS[C@H]1O[C@@H](c2ccc(Cl)c(Cc3ccc([C@]45CCOC[C@H]4C5)s3)c2)[C@H](O)[C@@H](O)[C@@H]1O. The van der Waals surface area contributed by atoms with Crippen molar-refractivity contribution in [3.05, 3.63) is 56.2 Å². The Morgan fingerprint density at radius 1 is 1.16 bits per heavy atom. The van der Waals surface area contributed by atoms with Crippen molar-refractivity contribution in [2.24, 2.45) is 5.92 Å². The van der Waals surface area contributed by atoms with Crippen molar-refractivity contribution >= 4 is 34.7 Å². The first kappa shape index (κ1) is 22.2. The predicted octanol–water partition coefficient (Wildman–Crippen LogP) is 3.51. The van der Waals surface area contributed by atoms with E-state index in [-0.39, 0.29) is 0 Å². The van der Waals surface area contributed by atoms with Gasteiger partial charge in [0, 0.05) is 33.2 Å². The van der Waals surface area contributed by atoms with E-state index in [4.69, 9.17) is 21.1 Å². The zero-order valence-electron chi connectivity index (χ0n) is 17.2. The molecule has 0 amide bonds. The third-order valence-corrected chi connectivity index (χ3v) is 9.49. The third kappa shape index (κ3) is 3.97. The lowest BCUT2D eigenvalue weighted by molar-refractivity contribution is -0.200. The number of hydrogen-bond acceptors (Lipinski definition) is 7. The van der Waals surface area contributed by atoms with Gasteiger partial charge in [0.2, 0.25) is 0 Å². The van der Waals surface area contributed by atoms with Crippen LogP contribution in [0, 0.1) is 5.92 Å². The summed E-state index contributed by atoms with van der Waals surface area (Å²) in [4.78, 5) is 2.71. The molecular formula is C23H27ClO5S2. The molecule has 0 unspecified atom stereocenters. The minimum atomic E-state index is -1.26. The van der Waals surface area contributed by atoms with Gasteiger partial charge in [0.1, 0.15) is 29.9 Å². The number of aliphatic hydroxyl groups is 3. The first-order chi connectivity index (χ1) is 14.9. The van der Waals surface area contributed by atoms with E-state index in [2.05, 4.69) is 12.1 Å². The van der Waals surface area contributed by atoms with Crippen molar-refractivity contribution in [3.8, 4) is 0 Å². The molecule has 3 N–H and O–H groups in total. The summed E-state index contributed by atoms with van der Waals surface area (Å²) in [5.41, 5.74) is 1.43. The summed E-state index contributed by atoms with van der Waals surface area (Å²) < 4.78 is 11.5. The molecule has 7 atom stereocenters. The zero-order chi connectivity index (χ0) is 21.8. The average molecular weight is 483 g/mol. The number of thioether (sulfide) groups is 1. The molecule has 2 aliphatic heterocycles. The molecule has 3 heterocycles. The lowest BCUT2D eigenvalue weighted by Crippen LogP contribution is -2.52. The molecule has 1 aromatic carbocycles. The summed E-state index contributed by atoms with van der Waals surface area (Å²) in [5, 5.41) is 31.6.